The molecule has 0 N–H and O–H groups in total. The van der Waals surface area contributed by atoms with E-state index >= 15 is 0 Å². The van der Waals surface area contributed by atoms with E-state index in [-0.39, 0.29) is 0 Å². The van der Waals surface area contributed by atoms with Gasteiger partial charge in [-0.05, 0) is 30.9 Å². The highest BCUT2D eigenvalue weighted by Gasteiger charge is 2.18. The molecule has 2 aromatic rings. The van der Waals surface area contributed by atoms with E-state index in [1.807, 2.05) is 6.92 Å². The van der Waals surface area contributed by atoms with Crippen LogP contribution >= 0.6 is 11.6 Å². The van der Waals surface area contributed by atoms with Crippen molar-refractivity contribution in [2.45, 2.75) is 26.3 Å². The largest absolute Gasteiger partial charge is 0.352 e. The van der Waals surface area contributed by atoms with E-state index in [1.165, 1.54) is 11.1 Å². The number of halogens is 1. The first kappa shape index (κ1) is 12.4. The van der Waals surface area contributed by atoms with Gasteiger partial charge in [0.25, 0.3) is 0 Å². The maximum Gasteiger partial charge on any atom is 0.137 e. The molecule has 4 heteroatoms. The van der Waals surface area contributed by atoms with Crippen LogP contribution in [0.4, 0.5) is 5.82 Å². The predicted octanol–water partition coefficient (Wildman–Crippen LogP) is 3.39. The van der Waals surface area contributed by atoms with Gasteiger partial charge in [-0.25, -0.2) is 9.97 Å². The molecule has 0 fully saturated rings. The highest BCUT2D eigenvalue weighted by Crippen LogP contribution is 2.26. The molecule has 1 aromatic carbocycles. The summed E-state index contributed by atoms with van der Waals surface area (Å²) in [4.78, 5) is 10.7. The molecule has 98 valence electrons. The van der Waals surface area contributed by atoms with Gasteiger partial charge in [0.05, 0.1) is 0 Å². The zero-order valence-corrected chi connectivity index (χ0v) is 11.7. The molecule has 0 saturated carbocycles. The van der Waals surface area contributed by atoms with Crippen molar-refractivity contribution >= 4 is 17.4 Å². The van der Waals surface area contributed by atoms with E-state index in [0.717, 1.165) is 37.3 Å². The smallest absolute Gasteiger partial charge is 0.137 e. The Bertz CT molecular complexity index is 598. The molecule has 1 aliphatic rings. The molecule has 3 rings (SSSR count). The molecule has 0 radical (unpaired) electrons. The van der Waals surface area contributed by atoms with Gasteiger partial charge in [0.2, 0.25) is 0 Å². The van der Waals surface area contributed by atoms with Gasteiger partial charge in [0.15, 0.2) is 0 Å². The normalized spacial score (nSPS) is 14.9. The van der Waals surface area contributed by atoms with Crippen LogP contribution in [0.15, 0.2) is 30.6 Å². The van der Waals surface area contributed by atoms with Crippen LogP contribution in [0.1, 0.15) is 23.1 Å². The van der Waals surface area contributed by atoms with E-state index in [2.05, 4.69) is 39.1 Å². The zero-order chi connectivity index (χ0) is 13.2. The fourth-order valence-corrected chi connectivity index (χ4v) is 2.75. The van der Waals surface area contributed by atoms with Gasteiger partial charge in [0, 0.05) is 18.7 Å². The van der Waals surface area contributed by atoms with Crippen LogP contribution in [0.25, 0.3) is 0 Å². The van der Waals surface area contributed by atoms with E-state index in [1.54, 1.807) is 6.33 Å². The standard InChI is InChI=1S/C15H16ClN3/c1-11-14(16)17-10-18-15(11)19-8-4-7-12-5-2-3-6-13(12)9-19/h2-3,5-6,10H,4,7-9H2,1H3. The zero-order valence-electron chi connectivity index (χ0n) is 10.9. The van der Waals surface area contributed by atoms with E-state index < -0.39 is 0 Å². The summed E-state index contributed by atoms with van der Waals surface area (Å²) in [6.07, 6.45) is 3.81. The number of nitrogens with zero attached hydrogens (tertiary/aromatic N) is 3. The first-order chi connectivity index (χ1) is 9.25. The summed E-state index contributed by atoms with van der Waals surface area (Å²) < 4.78 is 0. The van der Waals surface area contributed by atoms with Crippen LogP contribution in [0, 0.1) is 6.92 Å². The Morgan fingerprint density at radius 3 is 2.79 bits per heavy atom. The van der Waals surface area contributed by atoms with Crippen molar-refractivity contribution in [3.05, 3.63) is 52.4 Å². The van der Waals surface area contributed by atoms with Crippen molar-refractivity contribution in [3.63, 3.8) is 0 Å². The Kier molecular flexibility index (Phi) is 3.38. The Hall–Kier alpha value is -1.61. The summed E-state index contributed by atoms with van der Waals surface area (Å²) >= 11 is 6.10. The molecule has 1 aromatic heterocycles. The lowest BCUT2D eigenvalue weighted by molar-refractivity contribution is 0.749. The van der Waals surface area contributed by atoms with Gasteiger partial charge in [0.1, 0.15) is 17.3 Å². The highest BCUT2D eigenvalue weighted by molar-refractivity contribution is 6.30. The van der Waals surface area contributed by atoms with Crippen LogP contribution in [0.2, 0.25) is 5.15 Å². The average Bonchev–Trinajstić information content (AvgIpc) is 2.64. The maximum absolute atomic E-state index is 6.10. The number of aryl methyl sites for hydroxylation is 1. The molecule has 0 atom stereocenters. The molecule has 0 aliphatic carbocycles. The number of benzene rings is 1. The van der Waals surface area contributed by atoms with Crippen molar-refractivity contribution in [1.82, 2.24) is 9.97 Å². The minimum atomic E-state index is 0.544. The number of anilines is 1. The van der Waals surface area contributed by atoms with Crippen molar-refractivity contribution in [3.8, 4) is 0 Å². The number of hydrogen-bond donors (Lipinski definition) is 0. The van der Waals surface area contributed by atoms with Gasteiger partial charge in [-0.1, -0.05) is 35.9 Å². The highest BCUT2D eigenvalue weighted by atomic mass is 35.5. The fraction of sp³-hybridized carbons (Fsp3) is 0.333. The third-order valence-corrected chi connectivity index (χ3v) is 4.03. The van der Waals surface area contributed by atoms with Gasteiger partial charge in [-0.3, -0.25) is 0 Å². The summed E-state index contributed by atoms with van der Waals surface area (Å²) in [5, 5.41) is 0.544. The van der Waals surface area contributed by atoms with Crippen LogP contribution in [-0.4, -0.2) is 16.5 Å². The lowest BCUT2D eigenvalue weighted by Crippen LogP contribution is -2.24. The quantitative estimate of drug-likeness (QED) is 0.746. The number of hydrogen-bond acceptors (Lipinski definition) is 3. The van der Waals surface area contributed by atoms with Gasteiger partial charge in [-0.2, -0.15) is 0 Å². The van der Waals surface area contributed by atoms with Crippen LogP contribution in [0.3, 0.4) is 0 Å². The molecular formula is C15H16ClN3. The number of rotatable bonds is 1. The third-order valence-electron chi connectivity index (χ3n) is 3.65. The molecule has 0 unspecified atom stereocenters. The molecule has 0 bridgehead atoms. The predicted molar refractivity (Wildman–Crippen MR) is 77.6 cm³/mol. The monoisotopic (exact) mass is 273 g/mol. The SMILES string of the molecule is Cc1c(Cl)ncnc1N1CCCc2ccccc2C1. The summed E-state index contributed by atoms with van der Waals surface area (Å²) in [5.41, 5.74) is 3.79. The second kappa shape index (κ2) is 5.17. The minimum absolute atomic E-state index is 0.544. The number of aromatic nitrogens is 2. The molecule has 1 aliphatic heterocycles. The Morgan fingerprint density at radius 2 is 1.95 bits per heavy atom. The third kappa shape index (κ3) is 2.43. The Balaban J connectivity index is 1.96. The topological polar surface area (TPSA) is 29.0 Å². The summed E-state index contributed by atoms with van der Waals surface area (Å²) in [5.74, 6) is 0.955. The number of fused-ring (bicyclic) bond motifs is 1. The van der Waals surface area contributed by atoms with E-state index in [0.29, 0.717) is 5.15 Å². The first-order valence-corrected chi connectivity index (χ1v) is 6.92. The molecule has 0 amide bonds. The minimum Gasteiger partial charge on any atom is -0.352 e. The summed E-state index contributed by atoms with van der Waals surface area (Å²) in [7, 11) is 0. The van der Waals surface area contributed by atoms with Gasteiger partial charge >= 0.3 is 0 Å². The molecule has 2 heterocycles. The summed E-state index contributed by atoms with van der Waals surface area (Å²) in [6.45, 7) is 3.88. The van der Waals surface area contributed by atoms with E-state index in [4.69, 9.17) is 11.6 Å². The molecule has 3 nitrogen and oxygen atoms in total. The van der Waals surface area contributed by atoms with E-state index in [9.17, 15) is 0 Å². The summed E-state index contributed by atoms with van der Waals surface area (Å²) in [6, 6.07) is 8.63. The van der Waals surface area contributed by atoms with Gasteiger partial charge in [-0.15, -0.1) is 0 Å². The Morgan fingerprint density at radius 1 is 1.16 bits per heavy atom. The van der Waals surface area contributed by atoms with Crippen molar-refractivity contribution in [1.29, 1.82) is 0 Å². The Labute approximate surface area is 118 Å². The van der Waals surface area contributed by atoms with Crippen LogP contribution < -0.4 is 4.90 Å². The second-order valence-corrected chi connectivity index (χ2v) is 5.26. The van der Waals surface area contributed by atoms with Crippen LogP contribution in [0.5, 0.6) is 0 Å². The lowest BCUT2D eigenvalue weighted by atomic mass is 10.0. The fourth-order valence-electron chi connectivity index (χ4n) is 2.62. The van der Waals surface area contributed by atoms with Crippen molar-refractivity contribution in [2.75, 3.05) is 11.4 Å². The van der Waals surface area contributed by atoms with Crippen LogP contribution in [-0.2, 0) is 13.0 Å². The first-order valence-electron chi connectivity index (χ1n) is 6.54. The molecule has 0 saturated heterocycles. The van der Waals surface area contributed by atoms with Crippen molar-refractivity contribution < 1.29 is 0 Å². The molecule has 19 heavy (non-hydrogen) atoms. The maximum atomic E-state index is 6.10. The second-order valence-electron chi connectivity index (χ2n) is 4.91. The average molecular weight is 274 g/mol. The van der Waals surface area contributed by atoms with Crippen molar-refractivity contribution in [2.24, 2.45) is 0 Å². The van der Waals surface area contributed by atoms with Gasteiger partial charge < -0.3 is 4.90 Å². The lowest BCUT2D eigenvalue weighted by Gasteiger charge is -2.23. The molecular weight excluding hydrogens is 258 g/mol. The molecule has 0 spiro atoms.